The normalized spacial score (nSPS) is 9.93. The van der Waals surface area contributed by atoms with Gasteiger partial charge in [0.05, 0.1) is 13.0 Å². The number of alkyl halides is 1. The topological polar surface area (TPSA) is 26.3 Å². The minimum Gasteiger partial charge on any atom is -0.497 e. The Labute approximate surface area is 92.8 Å². The molecule has 0 aromatic heterocycles. The summed E-state index contributed by atoms with van der Waals surface area (Å²) >= 11 is 11.2. The number of hydrogen-bond donors (Lipinski definition) is 0. The summed E-state index contributed by atoms with van der Waals surface area (Å²) in [6.07, 6.45) is 0.292. The Balaban J connectivity index is 2.86. The first-order valence-corrected chi connectivity index (χ1v) is 4.98. The summed E-state index contributed by atoms with van der Waals surface area (Å²) in [4.78, 5) is 11.1. The first-order chi connectivity index (χ1) is 6.65. The SMILES string of the molecule is COc1cc(Cl)cc(CC(=O)CCl)c1. The second-order valence-corrected chi connectivity index (χ2v) is 3.55. The number of rotatable bonds is 4. The summed E-state index contributed by atoms with van der Waals surface area (Å²) in [6, 6.07) is 5.20. The quantitative estimate of drug-likeness (QED) is 0.747. The van der Waals surface area contributed by atoms with E-state index in [1.165, 1.54) is 0 Å². The van der Waals surface area contributed by atoms with Crippen LogP contribution < -0.4 is 4.74 Å². The second kappa shape index (κ2) is 5.23. The Morgan fingerprint density at radius 1 is 1.43 bits per heavy atom. The van der Waals surface area contributed by atoms with E-state index in [0.29, 0.717) is 17.2 Å². The van der Waals surface area contributed by atoms with Crippen LogP contribution in [0.2, 0.25) is 5.02 Å². The third kappa shape index (κ3) is 3.20. The van der Waals surface area contributed by atoms with Crippen molar-refractivity contribution in [2.45, 2.75) is 6.42 Å². The molecule has 0 saturated heterocycles. The molecule has 0 N–H and O–H groups in total. The number of carbonyl (C=O) groups is 1. The van der Waals surface area contributed by atoms with Crippen molar-refractivity contribution < 1.29 is 9.53 Å². The minimum absolute atomic E-state index is 0.0226. The molecule has 0 heterocycles. The Morgan fingerprint density at radius 3 is 2.71 bits per heavy atom. The number of ketones is 1. The average molecular weight is 233 g/mol. The Bertz CT molecular complexity index is 337. The van der Waals surface area contributed by atoms with Crippen LogP contribution in [0.15, 0.2) is 18.2 Å². The highest BCUT2D eigenvalue weighted by atomic mass is 35.5. The van der Waals surface area contributed by atoms with E-state index in [2.05, 4.69) is 0 Å². The van der Waals surface area contributed by atoms with Crippen molar-refractivity contribution in [3.63, 3.8) is 0 Å². The summed E-state index contributed by atoms with van der Waals surface area (Å²) in [5.41, 5.74) is 0.819. The fourth-order valence-corrected chi connectivity index (χ4v) is 1.46. The lowest BCUT2D eigenvalue weighted by molar-refractivity contribution is -0.116. The molecule has 0 aliphatic rings. The highest BCUT2D eigenvalue weighted by Crippen LogP contribution is 2.21. The van der Waals surface area contributed by atoms with Gasteiger partial charge in [0.2, 0.25) is 0 Å². The van der Waals surface area contributed by atoms with E-state index >= 15 is 0 Å². The molecule has 0 radical (unpaired) electrons. The fraction of sp³-hybridized carbons (Fsp3) is 0.300. The van der Waals surface area contributed by atoms with E-state index in [1.54, 1.807) is 25.3 Å². The van der Waals surface area contributed by atoms with Gasteiger partial charge in [-0.25, -0.2) is 0 Å². The van der Waals surface area contributed by atoms with Gasteiger partial charge in [0.25, 0.3) is 0 Å². The van der Waals surface area contributed by atoms with Gasteiger partial charge in [0.15, 0.2) is 5.78 Å². The van der Waals surface area contributed by atoms with Crippen LogP contribution in [-0.4, -0.2) is 18.8 Å². The first-order valence-electron chi connectivity index (χ1n) is 4.07. The van der Waals surface area contributed by atoms with E-state index < -0.39 is 0 Å². The first kappa shape index (κ1) is 11.3. The van der Waals surface area contributed by atoms with Crippen LogP contribution in [0, 0.1) is 0 Å². The van der Waals surface area contributed by atoms with E-state index in [9.17, 15) is 4.79 Å². The monoisotopic (exact) mass is 232 g/mol. The molecule has 1 aromatic carbocycles. The van der Waals surface area contributed by atoms with Gasteiger partial charge < -0.3 is 4.74 Å². The lowest BCUT2D eigenvalue weighted by Crippen LogP contribution is -2.03. The number of hydrogen-bond acceptors (Lipinski definition) is 2. The van der Waals surface area contributed by atoms with Crippen LogP contribution in [-0.2, 0) is 11.2 Å². The molecular formula is C10H10Cl2O2. The van der Waals surface area contributed by atoms with Gasteiger partial charge in [0, 0.05) is 11.4 Å². The van der Waals surface area contributed by atoms with Crippen LogP contribution in [0.1, 0.15) is 5.56 Å². The van der Waals surface area contributed by atoms with Crippen molar-refractivity contribution in [1.29, 1.82) is 0 Å². The van der Waals surface area contributed by atoms with E-state index in [0.717, 1.165) is 5.56 Å². The van der Waals surface area contributed by atoms with Gasteiger partial charge in [-0.3, -0.25) is 4.79 Å². The molecule has 0 unspecified atom stereocenters. The molecule has 0 aliphatic carbocycles. The maximum absolute atomic E-state index is 11.1. The average Bonchev–Trinajstić information content (AvgIpc) is 2.16. The standard InChI is InChI=1S/C10H10Cl2O2/c1-14-10-4-7(2-8(12)5-10)3-9(13)6-11/h2,4-5H,3,6H2,1H3. The van der Waals surface area contributed by atoms with Crippen LogP contribution in [0.5, 0.6) is 5.75 Å². The highest BCUT2D eigenvalue weighted by molar-refractivity contribution is 6.31. The molecule has 0 fully saturated rings. The van der Waals surface area contributed by atoms with Gasteiger partial charge in [-0.1, -0.05) is 11.6 Å². The molecule has 0 spiro atoms. The molecule has 4 heteroatoms. The summed E-state index contributed by atoms with van der Waals surface area (Å²) in [7, 11) is 1.55. The predicted octanol–water partition coefficient (Wildman–Crippen LogP) is 2.70. The van der Waals surface area contributed by atoms with Crippen molar-refractivity contribution in [2.24, 2.45) is 0 Å². The van der Waals surface area contributed by atoms with Crippen LogP contribution in [0.3, 0.4) is 0 Å². The lowest BCUT2D eigenvalue weighted by Gasteiger charge is -2.04. The molecule has 0 saturated carbocycles. The zero-order valence-electron chi connectivity index (χ0n) is 7.72. The lowest BCUT2D eigenvalue weighted by atomic mass is 10.1. The number of Topliss-reactive ketones (excluding diaryl/α,β-unsaturated/α-hetero) is 1. The number of carbonyl (C=O) groups excluding carboxylic acids is 1. The van der Waals surface area contributed by atoms with E-state index in [-0.39, 0.29) is 11.7 Å². The summed E-state index contributed by atoms with van der Waals surface area (Å²) in [5.74, 6) is 0.639. The van der Waals surface area contributed by atoms with Crippen molar-refractivity contribution in [1.82, 2.24) is 0 Å². The van der Waals surface area contributed by atoms with E-state index in [1.807, 2.05) is 0 Å². The molecule has 2 nitrogen and oxygen atoms in total. The fourth-order valence-electron chi connectivity index (χ4n) is 1.12. The summed E-state index contributed by atoms with van der Waals surface area (Å²) in [6.45, 7) is 0. The maximum atomic E-state index is 11.1. The Kier molecular flexibility index (Phi) is 4.23. The van der Waals surface area contributed by atoms with Gasteiger partial charge in [0.1, 0.15) is 5.75 Å². The molecule has 1 aromatic rings. The zero-order valence-corrected chi connectivity index (χ0v) is 9.23. The number of ether oxygens (including phenoxy) is 1. The molecule has 14 heavy (non-hydrogen) atoms. The van der Waals surface area contributed by atoms with Gasteiger partial charge >= 0.3 is 0 Å². The van der Waals surface area contributed by atoms with Gasteiger partial charge in [-0.2, -0.15) is 0 Å². The molecule has 0 atom stereocenters. The molecule has 1 rings (SSSR count). The van der Waals surface area contributed by atoms with Crippen LogP contribution >= 0.6 is 23.2 Å². The van der Waals surface area contributed by atoms with Crippen LogP contribution in [0.25, 0.3) is 0 Å². The van der Waals surface area contributed by atoms with Gasteiger partial charge in [-0.05, 0) is 23.8 Å². The number of halogens is 2. The molecule has 76 valence electrons. The van der Waals surface area contributed by atoms with E-state index in [4.69, 9.17) is 27.9 Å². The van der Waals surface area contributed by atoms with Crippen molar-refractivity contribution in [3.05, 3.63) is 28.8 Å². The third-order valence-electron chi connectivity index (χ3n) is 1.72. The van der Waals surface area contributed by atoms with Crippen molar-refractivity contribution in [3.8, 4) is 5.75 Å². The predicted molar refractivity (Wildman–Crippen MR) is 57.4 cm³/mol. The second-order valence-electron chi connectivity index (χ2n) is 2.85. The third-order valence-corrected chi connectivity index (χ3v) is 2.23. The number of methoxy groups -OCH3 is 1. The zero-order chi connectivity index (χ0) is 10.6. The molecular weight excluding hydrogens is 223 g/mol. The molecule has 0 amide bonds. The summed E-state index contributed by atoms with van der Waals surface area (Å²) in [5, 5.41) is 0.557. The Hall–Kier alpha value is -0.730. The Morgan fingerprint density at radius 2 is 2.14 bits per heavy atom. The smallest absolute Gasteiger partial charge is 0.151 e. The summed E-state index contributed by atoms with van der Waals surface area (Å²) < 4.78 is 5.02. The number of benzene rings is 1. The maximum Gasteiger partial charge on any atom is 0.151 e. The minimum atomic E-state index is -0.0315. The molecule has 0 aliphatic heterocycles. The largest absolute Gasteiger partial charge is 0.497 e. The van der Waals surface area contributed by atoms with Crippen molar-refractivity contribution in [2.75, 3.05) is 13.0 Å². The highest BCUT2D eigenvalue weighted by Gasteiger charge is 2.04. The molecule has 0 bridgehead atoms. The van der Waals surface area contributed by atoms with Crippen LogP contribution in [0.4, 0.5) is 0 Å². The van der Waals surface area contributed by atoms with Crippen molar-refractivity contribution >= 4 is 29.0 Å². The van der Waals surface area contributed by atoms with Gasteiger partial charge in [-0.15, -0.1) is 11.6 Å².